The number of hydrogen-bond acceptors (Lipinski definition) is 8. The van der Waals surface area contributed by atoms with Crippen LogP contribution >= 0.6 is 11.3 Å². The molecule has 0 bridgehead atoms. The Kier molecular flexibility index (Phi) is 7.73. The summed E-state index contributed by atoms with van der Waals surface area (Å²) in [4.78, 5) is 36.7. The lowest BCUT2D eigenvalue weighted by Gasteiger charge is -2.24. The molecule has 4 rings (SSSR count). The first-order valence-corrected chi connectivity index (χ1v) is 12.0. The van der Waals surface area contributed by atoms with E-state index in [0.29, 0.717) is 29.0 Å². The highest BCUT2D eigenvalue weighted by atomic mass is 32.1. The van der Waals surface area contributed by atoms with Crippen LogP contribution in [0.25, 0.3) is 10.6 Å². The number of carbonyl (C=O) groups is 2. The minimum absolute atomic E-state index is 0.0806. The molecule has 2 aromatic heterocycles. The minimum Gasteiger partial charge on any atom is -0.369 e. The third-order valence-corrected chi connectivity index (χ3v) is 6.66. The summed E-state index contributed by atoms with van der Waals surface area (Å²) in [5, 5.41) is 6.67. The van der Waals surface area contributed by atoms with Gasteiger partial charge in [0.1, 0.15) is 5.82 Å². The lowest BCUT2D eigenvalue weighted by Crippen LogP contribution is -2.34. The van der Waals surface area contributed by atoms with Crippen molar-refractivity contribution >= 4 is 45.7 Å². The van der Waals surface area contributed by atoms with Crippen LogP contribution in [0.3, 0.4) is 0 Å². The third-order valence-electron chi connectivity index (χ3n) is 5.57. The van der Waals surface area contributed by atoms with Crippen molar-refractivity contribution < 1.29 is 18.0 Å². The molecule has 172 valence electrons. The molecule has 0 spiro atoms. The van der Waals surface area contributed by atoms with Gasteiger partial charge >= 0.3 is 11.6 Å². The fourth-order valence-corrected chi connectivity index (χ4v) is 4.82. The topological polar surface area (TPSA) is 121 Å². The second-order valence-corrected chi connectivity index (χ2v) is 9.15. The van der Waals surface area contributed by atoms with E-state index in [9.17, 15) is 9.59 Å². The number of nitrogens with one attached hydrogen (secondary N) is 2. The zero-order valence-corrected chi connectivity index (χ0v) is 20.2. The monoisotopic (exact) mass is 477 g/mol. The van der Waals surface area contributed by atoms with E-state index in [2.05, 4.69) is 29.5 Å². The quantitative estimate of drug-likeness (QED) is 0.627. The van der Waals surface area contributed by atoms with Crippen LogP contribution in [0, 0.1) is 12.8 Å². The summed E-state index contributed by atoms with van der Waals surface area (Å²) in [5.74, 6) is 1.21. The van der Waals surface area contributed by atoms with Gasteiger partial charge in [-0.2, -0.15) is 8.42 Å². The lowest BCUT2D eigenvalue weighted by atomic mass is 10.1. The SMILES string of the molecule is CCCNc1nc(-c2sc(NC(C)=O)nc2C)cc2c1C(=O)N([C@@H](C)C1CC1)C2.O=S=O. The number of rotatable bonds is 7. The van der Waals surface area contributed by atoms with Crippen molar-refractivity contribution in [2.75, 3.05) is 17.2 Å². The van der Waals surface area contributed by atoms with Crippen LogP contribution in [-0.4, -0.2) is 47.7 Å². The highest BCUT2D eigenvalue weighted by molar-refractivity contribution is 7.51. The van der Waals surface area contributed by atoms with E-state index in [1.165, 1.54) is 31.1 Å². The Morgan fingerprint density at radius 2 is 2.03 bits per heavy atom. The maximum Gasteiger partial charge on any atom is 0.335 e. The van der Waals surface area contributed by atoms with E-state index in [0.717, 1.165) is 34.8 Å². The van der Waals surface area contributed by atoms with Gasteiger partial charge in [0.05, 0.1) is 21.8 Å². The molecule has 1 fully saturated rings. The van der Waals surface area contributed by atoms with Crippen LogP contribution in [0.5, 0.6) is 0 Å². The molecular weight excluding hydrogens is 450 g/mol. The Hall–Kier alpha value is -2.66. The number of amides is 2. The molecule has 32 heavy (non-hydrogen) atoms. The Morgan fingerprint density at radius 3 is 2.62 bits per heavy atom. The number of carbonyl (C=O) groups excluding carboxylic acids is 2. The van der Waals surface area contributed by atoms with Gasteiger partial charge in [-0.05, 0) is 50.7 Å². The number of aromatic nitrogens is 2. The van der Waals surface area contributed by atoms with Crippen molar-refractivity contribution in [3.63, 3.8) is 0 Å². The van der Waals surface area contributed by atoms with Crippen LogP contribution in [0.15, 0.2) is 6.07 Å². The zero-order chi connectivity index (χ0) is 23.4. The smallest absolute Gasteiger partial charge is 0.335 e. The van der Waals surface area contributed by atoms with Gasteiger partial charge in [0.15, 0.2) is 5.13 Å². The van der Waals surface area contributed by atoms with Gasteiger partial charge in [0, 0.05) is 26.1 Å². The molecule has 3 heterocycles. The van der Waals surface area contributed by atoms with E-state index in [-0.39, 0.29) is 17.9 Å². The molecule has 1 aliphatic heterocycles. The van der Waals surface area contributed by atoms with Crippen LogP contribution in [0.4, 0.5) is 10.9 Å². The maximum absolute atomic E-state index is 13.2. The normalized spacial score (nSPS) is 15.5. The molecular formula is C21H27N5O4S2. The number of aryl methyl sites for hydroxylation is 1. The van der Waals surface area contributed by atoms with E-state index < -0.39 is 11.6 Å². The third kappa shape index (κ3) is 5.21. The highest BCUT2D eigenvalue weighted by Crippen LogP contribution is 2.41. The number of pyridine rings is 1. The van der Waals surface area contributed by atoms with Gasteiger partial charge in [0.25, 0.3) is 5.91 Å². The largest absolute Gasteiger partial charge is 0.369 e. The van der Waals surface area contributed by atoms with E-state index in [4.69, 9.17) is 13.4 Å². The van der Waals surface area contributed by atoms with Crippen LogP contribution in [0.2, 0.25) is 0 Å². The molecule has 11 heteroatoms. The van der Waals surface area contributed by atoms with Gasteiger partial charge in [0.2, 0.25) is 5.91 Å². The number of anilines is 2. The molecule has 2 aromatic rings. The summed E-state index contributed by atoms with van der Waals surface area (Å²) >= 11 is 0.660. The molecule has 1 aliphatic carbocycles. The fraction of sp³-hybridized carbons (Fsp3) is 0.524. The number of fused-ring (bicyclic) bond motifs is 1. The number of thiazole rings is 1. The molecule has 1 atom stereocenters. The van der Waals surface area contributed by atoms with Crippen molar-refractivity contribution in [1.29, 1.82) is 0 Å². The molecule has 0 aromatic carbocycles. The van der Waals surface area contributed by atoms with Gasteiger partial charge in [-0.15, -0.1) is 0 Å². The average Bonchev–Trinajstić information content (AvgIpc) is 3.45. The predicted octanol–water partition coefficient (Wildman–Crippen LogP) is 3.38. The molecule has 0 unspecified atom stereocenters. The average molecular weight is 478 g/mol. The summed E-state index contributed by atoms with van der Waals surface area (Å²) in [6, 6.07) is 2.27. The summed E-state index contributed by atoms with van der Waals surface area (Å²) < 4.78 is 16.6. The molecule has 2 N–H and O–H groups in total. The first-order chi connectivity index (χ1) is 15.3. The molecule has 2 amide bonds. The summed E-state index contributed by atoms with van der Waals surface area (Å²) in [7, 11) is 0. The lowest BCUT2D eigenvalue weighted by molar-refractivity contribution is -0.114. The minimum atomic E-state index is -0.750. The Labute approximate surface area is 194 Å². The zero-order valence-electron chi connectivity index (χ0n) is 18.6. The van der Waals surface area contributed by atoms with E-state index in [1.54, 1.807) is 0 Å². The van der Waals surface area contributed by atoms with Crippen molar-refractivity contribution in [3.05, 3.63) is 22.9 Å². The standard InChI is InChI=1S/C21H27N5O2S.O2S/c1-5-8-22-19-17-15(10-26(20(17)28)12(3)14-6-7-14)9-16(25-19)18-11(2)23-21(29-18)24-13(4)27;1-3-2/h9,12,14H,5-8,10H2,1-4H3,(H,22,25)(H,23,24,27);/t12-;/m0./s1. The van der Waals surface area contributed by atoms with Crippen molar-refractivity contribution in [2.24, 2.45) is 5.92 Å². The van der Waals surface area contributed by atoms with Crippen molar-refractivity contribution in [3.8, 4) is 10.6 Å². The van der Waals surface area contributed by atoms with Crippen LogP contribution < -0.4 is 10.6 Å². The van der Waals surface area contributed by atoms with E-state index >= 15 is 0 Å². The second kappa shape index (κ2) is 10.3. The maximum atomic E-state index is 13.2. The molecule has 0 radical (unpaired) electrons. The number of nitrogens with zero attached hydrogens (tertiary/aromatic N) is 3. The molecule has 2 aliphatic rings. The first kappa shape index (κ1) is 24.0. The van der Waals surface area contributed by atoms with Gasteiger partial charge in [-0.1, -0.05) is 18.3 Å². The van der Waals surface area contributed by atoms with Gasteiger partial charge in [-0.3, -0.25) is 9.59 Å². The van der Waals surface area contributed by atoms with Gasteiger partial charge in [-0.25, -0.2) is 9.97 Å². The van der Waals surface area contributed by atoms with Crippen LogP contribution in [-0.2, 0) is 22.9 Å². The molecule has 1 saturated carbocycles. The molecule has 9 nitrogen and oxygen atoms in total. The number of hydrogen-bond donors (Lipinski definition) is 2. The van der Waals surface area contributed by atoms with E-state index in [1.807, 2.05) is 17.9 Å². The first-order valence-electron chi connectivity index (χ1n) is 10.6. The Morgan fingerprint density at radius 1 is 1.34 bits per heavy atom. The predicted molar refractivity (Wildman–Crippen MR) is 124 cm³/mol. The summed E-state index contributed by atoms with van der Waals surface area (Å²) in [6.07, 6.45) is 3.36. The highest BCUT2D eigenvalue weighted by Gasteiger charge is 2.40. The van der Waals surface area contributed by atoms with Crippen LogP contribution in [0.1, 0.15) is 61.6 Å². The fourth-order valence-electron chi connectivity index (χ4n) is 3.85. The van der Waals surface area contributed by atoms with Crippen molar-refractivity contribution in [1.82, 2.24) is 14.9 Å². The van der Waals surface area contributed by atoms with Gasteiger partial charge < -0.3 is 15.5 Å². The van der Waals surface area contributed by atoms with Crippen molar-refractivity contribution in [2.45, 2.75) is 59.5 Å². The summed E-state index contributed by atoms with van der Waals surface area (Å²) in [6.45, 7) is 9.01. The Bertz CT molecular complexity index is 1060. The summed E-state index contributed by atoms with van der Waals surface area (Å²) in [5.41, 5.74) is 3.33. The second-order valence-electron chi connectivity index (χ2n) is 8.01. The molecule has 0 saturated heterocycles. The Balaban J connectivity index is 0.000000913.